The number of aromatic nitrogens is 1. The fraction of sp³-hybridized carbons (Fsp3) is 0.200. The molecule has 31 heavy (non-hydrogen) atoms. The minimum absolute atomic E-state index is 0.0885. The number of aliphatic hydroxyl groups excluding tert-OH is 1. The first-order chi connectivity index (χ1) is 15.0. The number of amides is 1. The summed E-state index contributed by atoms with van der Waals surface area (Å²) in [6.45, 7) is 1.28. The number of likely N-dealkylation sites (N-methyl/N-ethyl adjacent to an activating group) is 1. The Morgan fingerprint density at radius 2 is 1.71 bits per heavy atom. The van der Waals surface area contributed by atoms with Crippen LogP contribution in [0.3, 0.4) is 0 Å². The summed E-state index contributed by atoms with van der Waals surface area (Å²) in [6.07, 6.45) is 1.71. The molecule has 0 fully saturated rings. The van der Waals surface area contributed by atoms with Gasteiger partial charge in [-0.05, 0) is 71.2 Å². The van der Waals surface area contributed by atoms with Gasteiger partial charge in [-0.15, -0.1) is 0 Å². The highest BCUT2D eigenvalue weighted by molar-refractivity contribution is 6.09. The maximum absolute atomic E-state index is 12.3. The highest BCUT2D eigenvalue weighted by Crippen LogP contribution is 2.32. The van der Waals surface area contributed by atoms with Crippen LogP contribution in [0, 0.1) is 0 Å². The molecule has 0 aliphatic carbocycles. The summed E-state index contributed by atoms with van der Waals surface area (Å²) in [6, 6.07) is 17.0. The van der Waals surface area contributed by atoms with Gasteiger partial charge in [0, 0.05) is 36.3 Å². The number of pyridine rings is 1. The lowest BCUT2D eigenvalue weighted by Gasteiger charge is -2.12. The summed E-state index contributed by atoms with van der Waals surface area (Å²) in [5, 5.41) is 16.3. The highest BCUT2D eigenvalue weighted by atomic mass is 16.3. The van der Waals surface area contributed by atoms with Gasteiger partial charge >= 0.3 is 0 Å². The number of aliphatic hydroxyl groups is 1. The molecule has 0 spiro atoms. The number of nitrogens with one attached hydrogen (secondary N) is 2. The monoisotopic (exact) mass is 415 g/mol. The summed E-state index contributed by atoms with van der Waals surface area (Å²) < 4.78 is 0. The van der Waals surface area contributed by atoms with Crippen molar-refractivity contribution in [3.8, 4) is 11.1 Å². The molecule has 0 unspecified atom stereocenters. The van der Waals surface area contributed by atoms with Gasteiger partial charge in [-0.3, -0.25) is 9.59 Å². The van der Waals surface area contributed by atoms with Gasteiger partial charge in [0.1, 0.15) is 0 Å². The zero-order valence-corrected chi connectivity index (χ0v) is 17.6. The zero-order valence-electron chi connectivity index (χ0n) is 17.6. The van der Waals surface area contributed by atoms with Crippen LogP contribution in [0.25, 0.3) is 32.7 Å². The summed E-state index contributed by atoms with van der Waals surface area (Å²) in [7, 11) is 3.93. The molecule has 3 aromatic carbocycles. The van der Waals surface area contributed by atoms with Crippen molar-refractivity contribution >= 4 is 27.5 Å². The van der Waals surface area contributed by atoms with E-state index in [-0.39, 0.29) is 18.1 Å². The Morgan fingerprint density at radius 1 is 0.968 bits per heavy atom. The van der Waals surface area contributed by atoms with Gasteiger partial charge in [0.05, 0.1) is 6.61 Å². The summed E-state index contributed by atoms with van der Waals surface area (Å²) in [4.78, 5) is 28.8. The fourth-order valence-electron chi connectivity index (χ4n) is 3.77. The topological polar surface area (TPSA) is 85.4 Å². The second-order valence-electron chi connectivity index (χ2n) is 7.89. The lowest BCUT2D eigenvalue weighted by molar-refractivity contribution is 0.0951. The third-order valence-corrected chi connectivity index (χ3v) is 5.44. The standard InChI is InChI=1S/C25H25N3O3/c1-28(2)10-9-26-25(31)17-5-3-16(4-6-17)18-7-8-21-20(15-29)11-19-13-24(30)27-14-23(19)22(21)12-18/h3-8,11-14,29H,9-10,15H2,1-2H3,(H,26,31)(H,27,30). The minimum atomic E-state index is -0.175. The van der Waals surface area contributed by atoms with Gasteiger partial charge in [-0.1, -0.05) is 24.3 Å². The Kier molecular flexibility index (Phi) is 5.84. The average Bonchev–Trinajstić information content (AvgIpc) is 2.77. The Bertz CT molecular complexity index is 1310. The van der Waals surface area contributed by atoms with E-state index in [9.17, 15) is 14.7 Å². The van der Waals surface area contributed by atoms with Crippen molar-refractivity contribution in [3.05, 3.63) is 82.3 Å². The summed E-state index contributed by atoms with van der Waals surface area (Å²) >= 11 is 0. The Balaban J connectivity index is 1.69. The first kappa shape index (κ1) is 20.8. The van der Waals surface area contributed by atoms with E-state index in [0.29, 0.717) is 12.1 Å². The SMILES string of the molecule is CN(C)CCNC(=O)c1ccc(-c2ccc3c(CO)cc4cc(=O)[nH]cc4c3c2)cc1. The molecule has 158 valence electrons. The van der Waals surface area contributed by atoms with E-state index in [0.717, 1.165) is 44.8 Å². The molecular formula is C25H25N3O3. The van der Waals surface area contributed by atoms with Crippen molar-refractivity contribution < 1.29 is 9.90 Å². The molecule has 4 aromatic rings. The third-order valence-electron chi connectivity index (χ3n) is 5.44. The van der Waals surface area contributed by atoms with Crippen LogP contribution in [0.15, 0.2) is 65.6 Å². The fourth-order valence-corrected chi connectivity index (χ4v) is 3.77. The van der Waals surface area contributed by atoms with Crippen LogP contribution in [-0.2, 0) is 6.61 Å². The molecule has 0 atom stereocenters. The summed E-state index contributed by atoms with van der Waals surface area (Å²) in [5.41, 5.74) is 3.21. The number of H-pyrrole nitrogens is 1. The van der Waals surface area contributed by atoms with Gasteiger partial charge in [-0.25, -0.2) is 0 Å². The van der Waals surface area contributed by atoms with Crippen LogP contribution < -0.4 is 10.9 Å². The molecule has 1 aromatic heterocycles. The zero-order chi connectivity index (χ0) is 22.0. The number of benzene rings is 3. The van der Waals surface area contributed by atoms with Crippen LogP contribution in [0.4, 0.5) is 0 Å². The smallest absolute Gasteiger partial charge is 0.251 e. The molecule has 1 amide bonds. The van der Waals surface area contributed by atoms with Crippen LogP contribution in [0.5, 0.6) is 0 Å². The number of hydrogen-bond donors (Lipinski definition) is 3. The first-order valence-corrected chi connectivity index (χ1v) is 10.2. The molecule has 1 heterocycles. The van der Waals surface area contributed by atoms with Crippen molar-refractivity contribution in [2.24, 2.45) is 0 Å². The van der Waals surface area contributed by atoms with E-state index in [1.165, 1.54) is 0 Å². The van der Waals surface area contributed by atoms with E-state index in [1.807, 2.05) is 61.5 Å². The Labute approximate surface area is 180 Å². The van der Waals surface area contributed by atoms with Crippen LogP contribution in [-0.4, -0.2) is 48.1 Å². The molecule has 0 saturated heterocycles. The van der Waals surface area contributed by atoms with Crippen LogP contribution in [0.2, 0.25) is 0 Å². The lowest BCUT2D eigenvalue weighted by Crippen LogP contribution is -2.31. The van der Waals surface area contributed by atoms with Crippen molar-refractivity contribution in [3.63, 3.8) is 0 Å². The Hall–Kier alpha value is -3.48. The number of fused-ring (bicyclic) bond motifs is 3. The van der Waals surface area contributed by atoms with Crippen molar-refractivity contribution in [2.75, 3.05) is 27.2 Å². The lowest BCUT2D eigenvalue weighted by atomic mass is 9.94. The molecular weight excluding hydrogens is 390 g/mol. The van der Waals surface area contributed by atoms with Crippen molar-refractivity contribution in [1.29, 1.82) is 0 Å². The molecule has 6 heteroatoms. The number of hydrogen-bond acceptors (Lipinski definition) is 4. The van der Waals surface area contributed by atoms with Gasteiger partial charge in [-0.2, -0.15) is 0 Å². The predicted molar refractivity (Wildman–Crippen MR) is 124 cm³/mol. The van der Waals surface area contributed by atoms with E-state index in [2.05, 4.69) is 16.4 Å². The molecule has 0 radical (unpaired) electrons. The number of carbonyl (C=O) groups excluding carboxylic acids is 1. The van der Waals surface area contributed by atoms with Gasteiger partial charge in [0.25, 0.3) is 5.91 Å². The normalized spacial score (nSPS) is 11.4. The van der Waals surface area contributed by atoms with E-state index in [4.69, 9.17) is 0 Å². The quantitative estimate of drug-likeness (QED) is 0.423. The highest BCUT2D eigenvalue weighted by Gasteiger charge is 2.10. The molecule has 0 aliphatic rings. The maximum Gasteiger partial charge on any atom is 0.251 e. The van der Waals surface area contributed by atoms with Crippen molar-refractivity contribution in [2.45, 2.75) is 6.61 Å². The largest absolute Gasteiger partial charge is 0.392 e. The number of rotatable bonds is 6. The summed E-state index contributed by atoms with van der Waals surface area (Å²) in [5.74, 6) is -0.0885. The van der Waals surface area contributed by atoms with Crippen LogP contribution >= 0.6 is 0 Å². The maximum atomic E-state index is 12.3. The Morgan fingerprint density at radius 3 is 2.42 bits per heavy atom. The first-order valence-electron chi connectivity index (χ1n) is 10.2. The van der Waals surface area contributed by atoms with Crippen LogP contribution in [0.1, 0.15) is 15.9 Å². The second-order valence-corrected chi connectivity index (χ2v) is 7.89. The molecule has 0 aliphatic heterocycles. The molecule has 0 bridgehead atoms. The number of carbonyl (C=O) groups is 1. The van der Waals surface area contributed by atoms with Gasteiger partial charge in [0.15, 0.2) is 0 Å². The second kappa shape index (κ2) is 8.71. The third kappa shape index (κ3) is 4.35. The molecule has 4 rings (SSSR count). The molecule has 6 nitrogen and oxygen atoms in total. The van der Waals surface area contributed by atoms with E-state index >= 15 is 0 Å². The minimum Gasteiger partial charge on any atom is -0.392 e. The van der Waals surface area contributed by atoms with Crippen molar-refractivity contribution in [1.82, 2.24) is 15.2 Å². The predicted octanol–water partition coefficient (Wildman–Crippen LogP) is 3.13. The van der Waals surface area contributed by atoms with Gasteiger partial charge < -0.3 is 20.3 Å². The average molecular weight is 415 g/mol. The molecule has 0 saturated carbocycles. The van der Waals surface area contributed by atoms with E-state index in [1.54, 1.807) is 12.3 Å². The number of nitrogens with zero attached hydrogens (tertiary/aromatic N) is 1. The van der Waals surface area contributed by atoms with Gasteiger partial charge in [0.2, 0.25) is 5.56 Å². The van der Waals surface area contributed by atoms with E-state index < -0.39 is 0 Å². The number of aromatic amines is 1. The molecule has 3 N–H and O–H groups in total.